The Morgan fingerprint density at radius 2 is 1.67 bits per heavy atom. The Kier molecular flexibility index (Phi) is 3.35. The highest BCUT2D eigenvalue weighted by atomic mass is 19.1. The van der Waals surface area contributed by atoms with Gasteiger partial charge in [-0.2, -0.15) is 5.06 Å². The van der Waals surface area contributed by atoms with Crippen molar-refractivity contribution in [3.8, 4) is 0 Å². The van der Waals surface area contributed by atoms with Crippen molar-refractivity contribution in [2.24, 2.45) is 4.99 Å². The van der Waals surface area contributed by atoms with Gasteiger partial charge in [0.05, 0.1) is 11.3 Å². The topological polar surface area (TPSA) is 35.8 Å². The average Bonchev–Trinajstić information content (AvgIpc) is 2.72. The molecule has 4 heteroatoms. The Balaban J connectivity index is 2.04. The number of benzene rings is 2. The van der Waals surface area contributed by atoms with Crippen molar-refractivity contribution in [2.75, 3.05) is 0 Å². The molecule has 0 saturated carbocycles. The number of nitrogens with zero attached hydrogens (tertiary/aromatic N) is 2. The maximum Gasteiger partial charge on any atom is 0.151 e. The van der Waals surface area contributed by atoms with Crippen LogP contribution in [0, 0.1) is 5.82 Å². The van der Waals surface area contributed by atoms with Gasteiger partial charge >= 0.3 is 0 Å². The first-order chi connectivity index (χ1) is 10.00. The van der Waals surface area contributed by atoms with Crippen LogP contribution in [0.3, 0.4) is 0 Å². The van der Waals surface area contributed by atoms with Gasteiger partial charge in [0.1, 0.15) is 5.82 Å². The molecular formula is C17H17FN2O. The molecule has 21 heavy (non-hydrogen) atoms. The van der Waals surface area contributed by atoms with E-state index in [0.29, 0.717) is 0 Å². The first-order valence-electron chi connectivity index (χ1n) is 6.87. The van der Waals surface area contributed by atoms with Crippen molar-refractivity contribution in [2.45, 2.75) is 25.6 Å². The third-order valence-corrected chi connectivity index (χ3v) is 3.85. The summed E-state index contributed by atoms with van der Waals surface area (Å²) in [6.07, 6.45) is -0.518. The summed E-state index contributed by atoms with van der Waals surface area (Å²) < 4.78 is 13.1. The molecule has 0 fully saturated rings. The highest BCUT2D eigenvalue weighted by Crippen LogP contribution is 2.37. The van der Waals surface area contributed by atoms with Crippen LogP contribution in [-0.2, 0) is 0 Å². The molecule has 0 unspecified atom stereocenters. The van der Waals surface area contributed by atoms with Crippen molar-refractivity contribution in [3.05, 3.63) is 71.5 Å². The molecule has 2 aromatic rings. The Morgan fingerprint density at radius 3 is 2.29 bits per heavy atom. The van der Waals surface area contributed by atoms with E-state index in [0.717, 1.165) is 16.8 Å². The zero-order valence-corrected chi connectivity index (χ0v) is 12.0. The number of aliphatic imine (C=N–C) groups is 1. The maximum absolute atomic E-state index is 13.1. The molecule has 108 valence electrons. The standard InChI is InChI=1S/C17H17FN2O/c1-17(2)15(12-6-4-3-5-7-12)19-16(20(17)21)13-8-10-14(18)11-9-13/h3-11,16,21H,1-2H3/t16-/m0/s1. The lowest BCUT2D eigenvalue weighted by Crippen LogP contribution is -2.44. The first-order valence-corrected chi connectivity index (χ1v) is 6.87. The monoisotopic (exact) mass is 284 g/mol. The molecule has 0 amide bonds. The van der Waals surface area contributed by atoms with Crippen molar-refractivity contribution >= 4 is 5.71 Å². The van der Waals surface area contributed by atoms with E-state index in [1.54, 1.807) is 12.1 Å². The molecule has 0 aromatic heterocycles. The SMILES string of the molecule is CC1(C)C(c2ccccc2)=N[C@H](c2ccc(F)cc2)N1O. The number of halogens is 1. The number of hydrogen-bond donors (Lipinski definition) is 1. The van der Waals surface area contributed by atoms with E-state index in [1.807, 2.05) is 44.2 Å². The van der Waals surface area contributed by atoms with Crippen LogP contribution < -0.4 is 0 Å². The molecule has 0 spiro atoms. The number of rotatable bonds is 2. The summed E-state index contributed by atoms with van der Waals surface area (Å²) >= 11 is 0. The average molecular weight is 284 g/mol. The molecule has 0 bridgehead atoms. The smallest absolute Gasteiger partial charge is 0.151 e. The highest BCUT2D eigenvalue weighted by molar-refractivity contribution is 6.07. The zero-order valence-electron chi connectivity index (χ0n) is 12.0. The molecule has 0 saturated heterocycles. The van der Waals surface area contributed by atoms with E-state index in [9.17, 15) is 9.60 Å². The molecule has 1 heterocycles. The predicted molar refractivity (Wildman–Crippen MR) is 79.8 cm³/mol. The van der Waals surface area contributed by atoms with Gasteiger partial charge in [0, 0.05) is 0 Å². The summed E-state index contributed by atoms with van der Waals surface area (Å²) in [7, 11) is 0. The van der Waals surface area contributed by atoms with Gasteiger partial charge in [-0.15, -0.1) is 0 Å². The van der Waals surface area contributed by atoms with Gasteiger partial charge in [0.25, 0.3) is 0 Å². The minimum absolute atomic E-state index is 0.298. The fourth-order valence-corrected chi connectivity index (χ4v) is 2.62. The second-order valence-corrected chi connectivity index (χ2v) is 5.67. The lowest BCUT2D eigenvalue weighted by Gasteiger charge is -2.30. The lowest BCUT2D eigenvalue weighted by atomic mass is 9.93. The van der Waals surface area contributed by atoms with Crippen LogP contribution in [0.5, 0.6) is 0 Å². The number of hydroxylamine groups is 2. The third-order valence-electron chi connectivity index (χ3n) is 3.85. The molecule has 2 aromatic carbocycles. The third kappa shape index (κ3) is 2.37. The molecule has 0 radical (unpaired) electrons. The van der Waals surface area contributed by atoms with Crippen molar-refractivity contribution < 1.29 is 9.60 Å². The van der Waals surface area contributed by atoms with E-state index in [2.05, 4.69) is 4.99 Å². The zero-order chi connectivity index (χ0) is 15.0. The molecular weight excluding hydrogens is 267 g/mol. The number of hydrogen-bond acceptors (Lipinski definition) is 3. The largest absolute Gasteiger partial charge is 0.311 e. The second kappa shape index (κ2) is 5.06. The Labute approximate surface area is 123 Å². The lowest BCUT2D eigenvalue weighted by molar-refractivity contribution is -0.159. The fourth-order valence-electron chi connectivity index (χ4n) is 2.62. The van der Waals surface area contributed by atoms with E-state index >= 15 is 0 Å². The van der Waals surface area contributed by atoms with Crippen LogP contribution in [0.1, 0.15) is 31.1 Å². The Morgan fingerprint density at radius 1 is 1.05 bits per heavy atom. The van der Waals surface area contributed by atoms with Crippen LogP contribution in [0.2, 0.25) is 0 Å². The van der Waals surface area contributed by atoms with Gasteiger partial charge in [-0.05, 0) is 37.1 Å². The fraction of sp³-hybridized carbons (Fsp3) is 0.235. The minimum atomic E-state index is -0.611. The van der Waals surface area contributed by atoms with Crippen molar-refractivity contribution in [3.63, 3.8) is 0 Å². The molecule has 1 N–H and O–H groups in total. The van der Waals surface area contributed by atoms with Gasteiger partial charge in [-0.1, -0.05) is 42.5 Å². The van der Waals surface area contributed by atoms with E-state index in [-0.39, 0.29) is 5.82 Å². The van der Waals surface area contributed by atoms with Gasteiger partial charge in [0.15, 0.2) is 6.17 Å². The molecule has 1 aliphatic rings. The quantitative estimate of drug-likeness (QED) is 0.910. The van der Waals surface area contributed by atoms with E-state index < -0.39 is 11.7 Å². The molecule has 1 atom stereocenters. The van der Waals surface area contributed by atoms with Crippen molar-refractivity contribution in [1.29, 1.82) is 0 Å². The van der Waals surface area contributed by atoms with E-state index in [1.165, 1.54) is 17.2 Å². The minimum Gasteiger partial charge on any atom is -0.311 e. The van der Waals surface area contributed by atoms with Crippen LogP contribution >= 0.6 is 0 Å². The van der Waals surface area contributed by atoms with Gasteiger partial charge < -0.3 is 5.21 Å². The highest BCUT2D eigenvalue weighted by Gasteiger charge is 2.43. The maximum atomic E-state index is 13.1. The second-order valence-electron chi connectivity index (χ2n) is 5.67. The Hall–Kier alpha value is -2.04. The first kappa shape index (κ1) is 13.9. The summed E-state index contributed by atoms with van der Waals surface area (Å²) in [4.78, 5) is 4.66. The van der Waals surface area contributed by atoms with Crippen LogP contribution in [0.15, 0.2) is 59.6 Å². The molecule has 3 nitrogen and oxygen atoms in total. The summed E-state index contributed by atoms with van der Waals surface area (Å²) in [5, 5.41) is 11.7. The molecule has 3 rings (SSSR count). The molecule has 0 aliphatic carbocycles. The van der Waals surface area contributed by atoms with Gasteiger partial charge in [0.2, 0.25) is 0 Å². The summed E-state index contributed by atoms with van der Waals surface area (Å²) in [6.45, 7) is 3.84. The normalized spacial score (nSPS) is 21.3. The van der Waals surface area contributed by atoms with Crippen LogP contribution in [-0.4, -0.2) is 21.5 Å². The van der Waals surface area contributed by atoms with E-state index in [4.69, 9.17) is 0 Å². The summed E-state index contributed by atoms with van der Waals surface area (Å²) in [5.74, 6) is -0.298. The van der Waals surface area contributed by atoms with Crippen LogP contribution in [0.25, 0.3) is 0 Å². The molecule has 1 aliphatic heterocycles. The summed E-state index contributed by atoms with van der Waals surface area (Å²) in [5.41, 5.74) is 1.95. The van der Waals surface area contributed by atoms with Gasteiger partial charge in [-0.3, -0.25) is 4.99 Å². The Bertz CT molecular complexity index is 665. The predicted octanol–water partition coefficient (Wildman–Crippen LogP) is 3.80. The summed E-state index contributed by atoms with van der Waals surface area (Å²) in [6, 6.07) is 15.8. The van der Waals surface area contributed by atoms with Crippen molar-refractivity contribution in [1.82, 2.24) is 5.06 Å². The van der Waals surface area contributed by atoms with Gasteiger partial charge in [-0.25, -0.2) is 4.39 Å². The van der Waals surface area contributed by atoms with Crippen LogP contribution in [0.4, 0.5) is 4.39 Å².